The summed E-state index contributed by atoms with van der Waals surface area (Å²) in [5.41, 5.74) is 8.02. The maximum atomic E-state index is 4.58. The Kier molecular flexibility index (Phi) is 4.52. The van der Waals surface area contributed by atoms with Gasteiger partial charge in [0.25, 0.3) is 0 Å². The van der Waals surface area contributed by atoms with E-state index < -0.39 is 0 Å². The predicted molar refractivity (Wildman–Crippen MR) is 158 cm³/mol. The molecule has 0 unspecified atom stereocenters. The summed E-state index contributed by atoms with van der Waals surface area (Å²) in [7, 11) is 0. The van der Waals surface area contributed by atoms with Crippen molar-refractivity contribution >= 4 is 43.5 Å². The summed E-state index contributed by atoms with van der Waals surface area (Å²) >= 11 is 0. The fraction of sp³-hybridized carbons (Fsp3) is 0. The van der Waals surface area contributed by atoms with Crippen molar-refractivity contribution in [2.75, 3.05) is 0 Å². The maximum absolute atomic E-state index is 4.58. The quantitative estimate of drug-likeness (QED) is 0.245. The number of aromatic nitrogens is 3. The van der Waals surface area contributed by atoms with E-state index in [-0.39, 0.29) is 0 Å². The van der Waals surface area contributed by atoms with Crippen LogP contribution in [-0.4, -0.2) is 14.1 Å². The van der Waals surface area contributed by atoms with E-state index in [1.807, 2.05) is 18.3 Å². The Morgan fingerprint density at radius 2 is 1.26 bits per heavy atom. The number of hydrogen-bond donors (Lipinski definition) is 0. The summed E-state index contributed by atoms with van der Waals surface area (Å²) in [6.45, 7) is 0. The summed E-state index contributed by atoms with van der Waals surface area (Å²) in [5, 5.41) is 6.23. The maximum Gasteiger partial charge on any atom is 0.0702 e. The van der Waals surface area contributed by atoms with Gasteiger partial charge in [-0.2, -0.15) is 0 Å². The molecule has 0 bridgehead atoms. The fourth-order valence-electron chi connectivity index (χ4n) is 5.78. The second-order valence-electron chi connectivity index (χ2n) is 9.77. The summed E-state index contributed by atoms with van der Waals surface area (Å²) in [5.74, 6) is 0. The van der Waals surface area contributed by atoms with Gasteiger partial charge in [0.1, 0.15) is 0 Å². The van der Waals surface area contributed by atoms with E-state index in [2.05, 4.69) is 136 Å². The molecule has 38 heavy (non-hydrogen) atoms. The Morgan fingerprint density at radius 1 is 0.474 bits per heavy atom. The molecule has 3 nitrogen and oxygen atoms in total. The van der Waals surface area contributed by atoms with E-state index in [9.17, 15) is 0 Å². The minimum Gasteiger partial charge on any atom is -0.317 e. The molecule has 0 aliphatic heterocycles. The highest BCUT2D eigenvalue weighted by molar-refractivity contribution is 6.15. The van der Waals surface area contributed by atoms with Crippen LogP contribution in [0.15, 0.2) is 140 Å². The van der Waals surface area contributed by atoms with Crippen LogP contribution in [0.1, 0.15) is 0 Å². The molecule has 3 aromatic heterocycles. The van der Waals surface area contributed by atoms with Crippen LogP contribution < -0.4 is 0 Å². The van der Waals surface area contributed by atoms with Gasteiger partial charge in [0.15, 0.2) is 0 Å². The Bertz CT molecular complexity index is 2120. The average molecular weight is 486 g/mol. The van der Waals surface area contributed by atoms with E-state index >= 15 is 0 Å². The molecular formula is C35H23N3. The average Bonchev–Trinajstić information content (AvgIpc) is 3.54. The highest BCUT2D eigenvalue weighted by atomic mass is 15.0. The van der Waals surface area contributed by atoms with Crippen LogP contribution in [0.4, 0.5) is 0 Å². The second kappa shape index (κ2) is 8.19. The van der Waals surface area contributed by atoms with E-state index in [4.69, 9.17) is 0 Å². The van der Waals surface area contributed by atoms with E-state index in [0.717, 1.165) is 16.9 Å². The molecule has 3 heteroatoms. The number of pyridine rings is 1. The van der Waals surface area contributed by atoms with Crippen LogP contribution in [0.5, 0.6) is 0 Å². The standard InChI is InChI=1S/C35H23N3/c1-2-10-28(11-3-1)37-18-16-25-19-26-23-35-31(21-27(26)22-34(25)37)30-13-4-5-15-33(30)38(35)29-12-8-9-24(20-29)32-14-6-7-17-36-32/h1-23H. The molecule has 0 saturated carbocycles. The van der Waals surface area contributed by atoms with Crippen molar-refractivity contribution in [1.29, 1.82) is 0 Å². The Hall–Kier alpha value is -5.15. The van der Waals surface area contributed by atoms with Crippen LogP contribution in [0.3, 0.4) is 0 Å². The largest absolute Gasteiger partial charge is 0.317 e. The minimum atomic E-state index is 0.978. The minimum absolute atomic E-state index is 0.978. The van der Waals surface area contributed by atoms with Crippen molar-refractivity contribution in [3.63, 3.8) is 0 Å². The Balaban J connectivity index is 1.39. The molecule has 0 amide bonds. The van der Waals surface area contributed by atoms with Crippen molar-refractivity contribution < 1.29 is 0 Å². The van der Waals surface area contributed by atoms with E-state index in [1.165, 1.54) is 49.2 Å². The molecule has 8 rings (SSSR count). The number of hydrogen-bond acceptors (Lipinski definition) is 1. The normalized spacial score (nSPS) is 11.7. The first kappa shape index (κ1) is 21.0. The number of nitrogens with zero attached hydrogens (tertiary/aromatic N) is 3. The predicted octanol–water partition coefficient (Wildman–Crippen LogP) is 8.94. The zero-order chi connectivity index (χ0) is 25.1. The van der Waals surface area contributed by atoms with Gasteiger partial charge in [-0.1, -0.05) is 54.6 Å². The lowest BCUT2D eigenvalue weighted by molar-refractivity contribution is 1.13. The van der Waals surface area contributed by atoms with Gasteiger partial charge >= 0.3 is 0 Å². The Labute approximate surface area is 219 Å². The van der Waals surface area contributed by atoms with Crippen molar-refractivity contribution in [2.45, 2.75) is 0 Å². The number of fused-ring (bicyclic) bond motifs is 5. The molecule has 178 valence electrons. The van der Waals surface area contributed by atoms with E-state index in [0.29, 0.717) is 0 Å². The Morgan fingerprint density at radius 3 is 2.16 bits per heavy atom. The zero-order valence-electron chi connectivity index (χ0n) is 20.6. The van der Waals surface area contributed by atoms with Crippen LogP contribution in [0, 0.1) is 0 Å². The molecule has 0 atom stereocenters. The zero-order valence-corrected chi connectivity index (χ0v) is 20.6. The molecule has 8 aromatic rings. The molecule has 3 heterocycles. The molecular weight excluding hydrogens is 462 g/mol. The highest BCUT2D eigenvalue weighted by Crippen LogP contribution is 2.37. The van der Waals surface area contributed by atoms with E-state index in [1.54, 1.807) is 0 Å². The topological polar surface area (TPSA) is 22.8 Å². The van der Waals surface area contributed by atoms with Gasteiger partial charge in [0.2, 0.25) is 0 Å². The first-order chi connectivity index (χ1) is 18.8. The monoisotopic (exact) mass is 485 g/mol. The van der Waals surface area contributed by atoms with Gasteiger partial charge in [-0.3, -0.25) is 4.98 Å². The van der Waals surface area contributed by atoms with Crippen LogP contribution in [-0.2, 0) is 0 Å². The first-order valence-electron chi connectivity index (χ1n) is 12.9. The molecule has 0 aliphatic rings. The molecule has 0 fully saturated rings. The van der Waals surface area contributed by atoms with Gasteiger partial charge in [-0.05, 0) is 83.6 Å². The van der Waals surface area contributed by atoms with Crippen molar-refractivity contribution in [3.05, 3.63) is 140 Å². The third kappa shape index (κ3) is 3.19. The third-order valence-electron chi connectivity index (χ3n) is 7.54. The third-order valence-corrected chi connectivity index (χ3v) is 7.54. The lowest BCUT2D eigenvalue weighted by Gasteiger charge is -2.11. The van der Waals surface area contributed by atoms with Crippen molar-refractivity contribution in [3.8, 4) is 22.6 Å². The van der Waals surface area contributed by atoms with Crippen LogP contribution in [0.25, 0.3) is 66.1 Å². The molecule has 5 aromatic carbocycles. The number of rotatable bonds is 3. The van der Waals surface area contributed by atoms with Gasteiger partial charge in [0, 0.05) is 45.5 Å². The molecule has 0 saturated heterocycles. The van der Waals surface area contributed by atoms with Gasteiger partial charge in [0.05, 0.1) is 22.2 Å². The lowest BCUT2D eigenvalue weighted by Crippen LogP contribution is -1.95. The van der Waals surface area contributed by atoms with Crippen molar-refractivity contribution in [2.24, 2.45) is 0 Å². The van der Waals surface area contributed by atoms with Gasteiger partial charge in [-0.25, -0.2) is 0 Å². The highest BCUT2D eigenvalue weighted by Gasteiger charge is 2.15. The van der Waals surface area contributed by atoms with Crippen LogP contribution in [0.2, 0.25) is 0 Å². The van der Waals surface area contributed by atoms with Gasteiger partial charge < -0.3 is 9.13 Å². The van der Waals surface area contributed by atoms with Gasteiger partial charge in [-0.15, -0.1) is 0 Å². The smallest absolute Gasteiger partial charge is 0.0702 e. The summed E-state index contributed by atoms with van der Waals surface area (Å²) in [4.78, 5) is 4.58. The molecule has 0 aliphatic carbocycles. The molecule has 0 spiro atoms. The molecule has 0 radical (unpaired) electrons. The number of benzene rings is 5. The molecule has 0 N–H and O–H groups in total. The summed E-state index contributed by atoms with van der Waals surface area (Å²) < 4.78 is 4.65. The summed E-state index contributed by atoms with van der Waals surface area (Å²) in [6, 6.07) is 45.5. The lowest BCUT2D eigenvalue weighted by atomic mass is 10.0. The fourth-order valence-corrected chi connectivity index (χ4v) is 5.78. The van der Waals surface area contributed by atoms with Crippen LogP contribution >= 0.6 is 0 Å². The SMILES string of the molecule is c1ccc(-n2ccc3cc4cc5c(cc4cc32)c2ccccc2n5-c2cccc(-c3ccccn3)c2)cc1. The second-order valence-corrected chi connectivity index (χ2v) is 9.77. The van der Waals surface area contributed by atoms with Crippen molar-refractivity contribution in [1.82, 2.24) is 14.1 Å². The number of para-hydroxylation sites is 2. The first-order valence-corrected chi connectivity index (χ1v) is 12.9. The summed E-state index contributed by atoms with van der Waals surface area (Å²) in [6.07, 6.45) is 4.01.